The Morgan fingerprint density at radius 2 is 1.50 bits per heavy atom. The van der Waals surface area contributed by atoms with Gasteiger partial charge in [0.1, 0.15) is 0 Å². The molecule has 0 amide bonds. The fourth-order valence-electron chi connectivity index (χ4n) is 3.24. The van der Waals surface area contributed by atoms with Crippen LogP contribution in [0.15, 0.2) is 65.6 Å². The third-order valence-corrected chi connectivity index (χ3v) is 5.69. The Morgan fingerprint density at radius 1 is 0.833 bits per heavy atom. The molecule has 0 N–H and O–H groups in total. The van der Waals surface area contributed by atoms with Crippen LogP contribution in [0.25, 0.3) is 0 Å². The van der Waals surface area contributed by atoms with Crippen molar-refractivity contribution >= 4 is 17.4 Å². The summed E-state index contributed by atoms with van der Waals surface area (Å²) in [6.45, 7) is 6.04. The van der Waals surface area contributed by atoms with Crippen molar-refractivity contribution in [3.8, 4) is 0 Å². The van der Waals surface area contributed by atoms with E-state index >= 15 is 0 Å². The zero-order valence-corrected chi connectivity index (χ0v) is 15.3. The van der Waals surface area contributed by atoms with E-state index in [9.17, 15) is 0 Å². The number of thioether (sulfide) groups is 1. The average molecular weight is 341 g/mol. The third-order valence-electron chi connectivity index (χ3n) is 4.59. The maximum absolute atomic E-state index is 2.61. The van der Waals surface area contributed by atoms with Gasteiger partial charge in [0.15, 0.2) is 0 Å². The molecule has 3 heteroatoms. The summed E-state index contributed by atoms with van der Waals surface area (Å²) in [5, 5.41) is 0. The lowest BCUT2D eigenvalue weighted by molar-refractivity contribution is 0.344. The van der Waals surface area contributed by atoms with Gasteiger partial charge in [-0.1, -0.05) is 36.4 Å². The second-order valence-corrected chi connectivity index (χ2v) is 7.55. The molecule has 1 heterocycles. The molecular weight excluding hydrogens is 312 g/mol. The van der Waals surface area contributed by atoms with Crippen molar-refractivity contribution in [1.82, 2.24) is 4.90 Å². The molecule has 0 atom stereocenters. The average Bonchev–Trinajstić information content (AvgIpc) is 3.16. The quantitative estimate of drug-likeness (QED) is 0.479. The Hall–Kier alpha value is -1.45. The van der Waals surface area contributed by atoms with Crippen molar-refractivity contribution < 1.29 is 0 Å². The second-order valence-electron chi connectivity index (χ2n) is 6.39. The van der Waals surface area contributed by atoms with E-state index in [2.05, 4.69) is 70.5 Å². The van der Waals surface area contributed by atoms with E-state index in [1.54, 1.807) is 0 Å². The highest BCUT2D eigenvalue weighted by Gasteiger charge is 2.13. The summed E-state index contributed by atoms with van der Waals surface area (Å²) in [5.74, 6) is 1.18. The van der Waals surface area contributed by atoms with Gasteiger partial charge in [-0.15, -0.1) is 11.8 Å². The molecule has 0 aromatic heterocycles. The Balaban J connectivity index is 1.47. The largest absolute Gasteiger partial charge is 0.370 e. The normalized spacial score (nSPS) is 14.8. The Bertz CT molecular complexity index is 567. The van der Waals surface area contributed by atoms with Crippen LogP contribution in [0, 0.1) is 0 Å². The van der Waals surface area contributed by atoms with Crippen LogP contribution in [0.5, 0.6) is 0 Å². The van der Waals surface area contributed by atoms with Crippen molar-refractivity contribution in [3.63, 3.8) is 0 Å². The van der Waals surface area contributed by atoms with E-state index in [1.165, 1.54) is 55.2 Å². The van der Waals surface area contributed by atoms with Crippen molar-refractivity contribution in [2.24, 2.45) is 0 Å². The lowest BCUT2D eigenvalue weighted by Crippen LogP contribution is -2.34. The molecule has 0 aliphatic carbocycles. The number of para-hydroxylation sites is 1. The lowest BCUT2D eigenvalue weighted by Gasteiger charge is -2.27. The number of likely N-dealkylation sites (tertiary alicyclic amines) is 1. The van der Waals surface area contributed by atoms with Gasteiger partial charge in [-0.25, -0.2) is 0 Å². The Kier molecular flexibility index (Phi) is 7.06. The number of benzene rings is 2. The van der Waals surface area contributed by atoms with E-state index < -0.39 is 0 Å². The van der Waals surface area contributed by atoms with Crippen molar-refractivity contribution in [2.75, 3.05) is 43.4 Å². The van der Waals surface area contributed by atoms with Crippen LogP contribution in [-0.4, -0.2) is 43.4 Å². The number of rotatable bonds is 9. The first-order valence-corrected chi connectivity index (χ1v) is 10.1. The fourth-order valence-corrected chi connectivity index (χ4v) is 4.10. The molecule has 0 bridgehead atoms. The van der Waals surface area contributed by atoms with Gasteiger partial charge >= 0.3 is 0 Å². The number of nitrogens with zero attached hydrogens (tertiary/aromatic N) is 2. The standard InChI is InChI=1S/C21H28N2S/c1-3-10-20(11-4-1)23(18-17-22-14-7-8-15-22)16-9-19-24-21-12-5-2-6-13-21/h1-6,10-13H,7-9,14-19H2. The van der Waals surface area contributed by atoms with E-state index in [0.717, 1.165) is 13.1 Å². The molecule has 1 fully saturated rings. The highest BCUT2D eigenvalue weighted by molar-refractivity contribution is 7.99. The summed E-state index contributed by atoms with van der Waals surface area (Å²) in [6.07, 6.45) is 3.96. The predicted molar refractivity (Wildman–Crippen MR) is 106 cm³/mol. The smallest absolute Gasteiger partial charge is 0.0366 e. The molecule has 2 aromatic rings. The predicted octanol–water partition coefficient (Wildman–Crippen LogP) is 4.77. The summed E-state index contributed by atoms with van der Waals surface area (Å²) < 4.78 is 0. The molecule has 1 saturated heterocycles. The minimum absolute atomic E-state index is 1.14. The van der Waals surface area contributed by atoms with Crippen molar-refractivity contribution in [1.29, 1.82) is 0 Å². The van der Waals surface area contributed by atoms with Crippen LogP contribution in [0.2, 0.25) is 0 Å². The molecule has 24 heavy (non-hydrogen) atoms. The molecule has 0 spiro atoms. The minimum Gasteiger partial charge on any atom is -0.370 e. The van der Waals surface area contributed by atoms with Crippen LogP contribution in [0.4, 0.5) is 5.69 Å². The summed E-state index contributed by atoms with van der Waals surface area (Å²) in [6, 6.07) is 21.6. The fraction of sp³-hybridized carbons (Fsp3) is 0.429. The molecule has 2 aromatic carbocycles. The number of hydrogen-bond donors (Lipinski definition) is 0. The van der Waals surface area contributed by atoms with Gasteiger partial charge in [0.05, 0.1) is 0 Å². The molecule has 0 unspecified atom stereocenters. The number of anilines is 1. The Morgan fingerprint density at radius 3 is 2.21 bits per heavy atom. The van der Waals surface area contributed by atoms with Crippen molar-refractivity contribution in [2.45, 2.75) is 24.2 Å². The molecular formula is C21H28N2S. The summed E-state index contributed by atoms with van der Waals surface area (Å²) in [7, 11) is 0. The van der Waals surface area contributed by atoms with E-state index in [-0.39, 0.29) is 0 Å². The molecule has 128 valence electrons. The van der Waals surface area contributed by atoms with Gasteiger partial charge in [-0.2, -0.15) is 0 Å². The summed E-state index contributed by atoms with van der Waals surface area (Å²) >= 11 is 1.96. The van der Waals surface area contributed by atoms with E-state index in [4.69, 9.17) is 0 Å². The molecule has 0 saturated carbocycles. The summed E-state index contributed by atoms with van der Waals surface area (Å²) in [4.78, 5) is 6.54. The molecule has 3 rings (SSSR count). The molecule has 0 radical (unpaired) electrons. The van der Waals surface area contributed by atoms with Gasteiger partial charge in [0.25, 0.3) is 0 Å². The first kappa shape index (κ1) is 17.4. The minimum atomic E-state index is 1.14. The van der Waals surface area contributed by atoms with Gasteiger partial charge in [0, 0.05) is 30.2 Å². The van der Waals surface area contributed by atoms with Crippen LogP contribution >= 0.6 is 11.8 Å². The first-order chi connectivity index (χ1) is 11.9. The van der Waals surface area contributed by atoms with Gasteiger partial charge in [0.2, 0.25) is 0 Å². The lowest BCUT2D eigenvalue weighted by atomic mass is 10.2. The van der Waals surface area contributed by atoms with Gasteiger partial charge in [-0.3, -0.25) is 0 Å². The maximum Gasteiger partial charge on any atom is 0.0366 e. The van der Waals surface area contributed by atoms with E-state index in [1.807, 2.05) is 11.8 Å². The van der Waals surface area contributed by atoms with Gasteiger partial charge < -0.3 is 9.80 Å². The second kappa shape index (κ2) is 9.75. The number of hydrogen-bond acceptors (Lipinski definition) is 3. The maximum atomic E-state index is 2.61. The monoisotopic (exact) mass is 340 g/mol. The molecule has 1 aliphatic rings. The van der Waals surface area contributed by atoms with Crippen molar-refractivity contribution in [3.05, 3.63) is 60.7 Å². The zero-order valence-electron chi connectivity index (χ0n) is 14.4. The zero-order chi connectivity index (χ0) is 16.5. The van der Waals surface area contributed by atoms with Gasteiger partial charge in [-0.05, 0) is 62.4 Å². The topological polar surface area (TPSA) is 6.48 Å². The molecule has 2 nitrogen and oxygen atoms in total. The van der Waals surface area contributed by atoms with Crippen LogP contribution < -0.4 is 4.90 Å². The summed E-state index contributed by atoms with van der Waals surface area (Å²) in [5.41, 5.74) is 1.36. The van der Waals surface area contributed by atoms with Crippen LogP contribution in [0.3, 0.4) is 0 Å². The first-order valence-electron chi connectivity index (χ1n) is 9.12. The highest BCUT2D eigenvalue weighted by Crippen LogP contribution is 2.19. The Labute approximate surface area is 150 Å². The third kappa shape index (κ3) is 5.57. The molecule has 1 aliphatic heterocycles. The van der Waals surface area contributed by atoms with Crippen LogP contribution in [-0.2, 0) is 0 Å². The van der Waals surface area contributed by atoms with E-state index in [0.29, 0.717) is 0 Å². The highest BCUT2D eigenvalue weighted by atomic mass is 32.2. The SMILES string of the molecule is c1ccc(SCCCN(CCN2CCCC2)c2ccccc2)cc1. The van der Waals surface area contributed by atoms with Crippen LogP contribution in [0.1, 0.15) is 19.3 Å².